The van der Waals surface area contributed by atoms with Crippen molar-refractivity contribution in [1.82, 2.24) is 19.7 Å². The predicted octanol–water partition coefficient (Wildman–Crippen LogP) is 3.67. The standard InChI is InChI=1S/C17H19N5OS2/c1-10-11(2)24-16(18-10)19-15(23)12(3)25-17-21-20-14(22(17)4)13-8-6-5-7-9-13/h5-9,12H,1-4H3,(H,18,19,23). The van der Waals surface area contributed by atoms with E-state index in [4.69, 9.17) is 0 Å². The van der Waals surface area contributed by atoms with Crippen LogP contribution in [0.1, 0.15) is 17.5 Å². The molecular formula is C17H19N5OS2. The van der Waals surface area contributed by atoms with Crippen molar-refractivity contribution in [3.8, 4) is 11.4 Å². The van der Waals surface area contributed by atoms with Gasteiger partial charge in [-0.2, -0.15) is 0 Å². The molecule has 2 aromatic heterocycles. The highest BCUT2D eigenvalue weighted by Crippen LogP contribution is 2.27. The predicted molar refractivity (Wildman–Crippen MR) is 102 cm³/mol. The number of rotatable bonds is 5. The maximum atomic E-state index is 12.4. The van der Waals surface area contributed by atoms with E-state index in [2.05, 4.69) is 20.5 Å². The van der Waals surface area contributed by atoms with Crippen molar-refractivity contribution in [3.05, 3.63) is 40.9 Å². The number of nitrogens with one attached hydrogen (secondary N) is 1. The topological polar surface area (TPSA) is 72.7 Å². The summed E-state index contributed by atoms with van der Waals surface area (Å²) >= 11 is 2.86. The fraction of sp³-hybridized carbons (Fsp3) is 0.294. The average molecular weight is 374 g/mol. The molecule has 1 unspecified atom stereocenters. The fourth-order valence-electron chi connectivity index (χ4n) is 2.20. The fourth-order valence-corrected chi connectivity index (χ4v) is 3.83. The van der Waals surface area contributed by atoms with Gasteiger partial charge in [-0.05, 0) is 20.8 Å². The van der Waals surface area contributed by atoms with Gasteiger partial charge in [0.05, 0.1) is 10.9 Å². The lowest BCUT2D eigenvalue weighted by Crippen LogP contribution is -2.22. The molecule has 0 spiro atoms. The molecular weight excluding hydrogens is 354 g/mol. The summed E-state index contributed by atoms with van der Waals surface area (Å²) in [6.45, 7) is 5.78. The number of hydrogen-bond acceptors (Lipinski definition) is 6. The molecule has 3 rings (SSSR count). The molecule has 1 N–H and O–H groups in total. The van der Waals surface area contributed by atoms with Gasteiger partial charge < -0.3 is 9.88 Å². The van der Waals surface area contributed by atoms with Gasteiger partial charge in [0.2, 0.25) is 5.91 Å². The van der Waals surface area contributed by atoms with Gasteiger partial charge in [0.1, 0.15) is 0 Å². The second kappa shape index (κ2) is 7.37. The second-order valence-corrected chi connectivity index (χ2v) is 8.15. The average Bonchev–Trinajstić information content (AvgIpc) is 3.11. The summed E-state index contributed by atoms with van der Waals surface area (Å²) in [6.07, 6.45) is 0. The molecule has 0 aliphatic rings. The van der Waals surface area contributed by atoms with Crippen molar-refractivity contribution in [3.63, 3.8) is 0 Å². The molecule has 1 atom stereocenters. The Balaban J connectivity index is 1.69. The lowest BCUT2D eigenvalue weighted by Gasteiger charge is -2.10. The Morgan fingerprint density at radius 2 is 1.96 bits per heavy atom. The van der Waals surface area contributed by atoms with Crippen molar-refractivity contribution in [2.75, 3.05) is 5.32 Å². The molecule has 8 heteroatoms. The molecule has 0 saturated heterocycles. The van der Waals surface area contributed by atoms with Gasteiger partial charge in [-0.15, -0.1) is 21.5 Å². The van der Waals surface area contributed by atoms with Gasteiger partial charge in [0.25, 0.3) is 0 Å². The first kappa shape index (κ1) is 17.6. The minimum absolute atomic E-state index is 0.0944. The molecule has 0 fully saturated rings. The van der Waals surface area contributed by atoms with Gasteiger partial charge in [0.15, 0.2) is 16.1 Å². The van der Waals surface area contributed by atoms with Crippen LogP contribution in [-0.4, -0.2) is 30.9 Å². The van der Waals surface area contributed by atoms with Crippen LogP contribution in [0.25, 0.3) is 11.4 Å². The zero-order chi connectivity index (χ0) is 18.0. The number of aryl methyl sites for hydroxylation is 2. The van der Waals surface area contributed by atoms with E-state index < -0.39 is 0 Å². The van der Waals surface area contributed by atoms with Crippen LogP contribution in [0.3, 0.4) is 0 Å². The Kier molecular flexibility index (Phi) is 5.19. The Bertz CT molecular complexity index is 868. The SMILES string of the molecule is Cc1nc(NC(=O)C(C)Sc2nnc(-c3ccccc3)n2C)sc1C. The number of hydrogen-bond donors (Lipinski definition) is 1. The number of carbonyl (C=O) groups excluding carboxylic acids is 1. The number of aromatic nitrogens is 4. The summed E-state index contributed by atoms with van der Waals surface area (Å²) < 4.78 is 1.90. The molecule has 0 radical (unpaired) electrons. The van der Waals surface area contributed by atoms with Gasteiger partial charge >= 0.3 is 0 Å². The molecule has 0 saturated carbocycles. The van der Waals surface area contributed by atoms with Gasteiger partial charge in [-0.3, -0.25) is 4.79 Å². The highest BCUT2D eigenvalue weighted by atomic mass is 32.2. The number of amides is 1. The highest BCUT2D eigenvalue weighted by Gasteiger charge is 2.20. The molecule has 1 amide bonds. The normalized spacial score (nSPS) is 12.2. The lowest BCUT2D eigenvalue weighted by atomic mass is 10.2. The van der Waals surface area contributed by atoms with Crippen LogP contribution in [0.15, 0.2) is 35.5 Å². The first-order valence-electron chi connectivity index (χ1n) is 7.82. The van der Waals surface area contributed by atoms with E-state index in [0.717, 1.165) is 22.0 Å². The maximum Gasteiger partial charge on any atom is 0.239 e. The maximum absolute atomic E-state index is 12.4. The molecule has 25 heavy (non-hydrogen) atoms. The van der Waals surface area contributed by atoms with Crippen molar-refractivity contribution < 1.29 is 4.79 Å². The van der Waals surface area contributed by atoms with Crippen LogP contribution in [0, 0.1) is 13.8 Å². The van der Waals surface area contributed by atoms with E-state index in [9.17, 15) is 4.79 Å². The first-order valence-corrected chi connectivity index (χ1v) is 9.51. The number of benzene rings is 1. The Morgan fingerprint density at radius 1 is 1.24 bits per heavy atom. The van der Waals surface area contributed by atoms with E-state index in [1.165, 1.54) is 23.1 Å². The smallest absolute Gasteiger partial charge is 0.239 e. The van der Waals surface area contributed by atoms with Crippen LogP contribution >= 0.6 is 23.1 Å². The van der Waals surface area contributed by atoms with Gasteiger partial charge in [-0.1, -0.05) is 42.1 Å². The summed E-state index contributed by atoms with van der Waals surface area (Å²) in [6, 6.07) is 9.86. The molecule has 0 aliphatic carbocycles. The molecule has 0 aliphatic heterocycles. The summed E-state index contributed by atoms with van der Waals surface area (Å²) in [5, 5.41) is 12.4. The summed E-state index contributed by atoms with van der Waals surface area (Å²) in [7, 11) is 1.91. The monoisotopic (exact) mass is 373 g/mol. The Morgan fingerprint density at radius 3 is 2.60 bits per heavy atom. The first-order chi connectivity index (χ1) is 12.0. The van der Waals surface area contributed by atoms with Crippen molar-refractivity contribution in [1.29, 1.82) is 0 Å². The van der Waals surface area contributed by atoms with Crippen LogP contribution in [0.2, 0.25) is 0 Å². The number of carbonyl (C=O) groups is 1. The van der Waals surface area contributed by atoms with Crippen LogP contribution in [-0.2, 0) is 11.8 Å². The third-order valence-electron chi connectivity index (χ3n) is 3.78. The van der Waals surface area contributed by atoms with E-state index in [0.29, 0.717) is 10.3 Å². The number of thioether (sulfide) groups is 1. The second-order valence-electron chi connectivity index (χ2n) is 5.64. The highest BCUT2D eigenvalue weighted by molar-refractivity contribution is 8.00. The molecule has 0 bridgehead atoms. The van der Waals surface area contributed by atoms with E-state index >= 15 is 0 Å². The zero-order valence-corrected chi connectivity index (χ0v) is 16.1. The van der Waals surface area contributed by atoms with E-state index in [-0.39, 0.29) is 11.2 Å². The molecule has 130 valence electrons. The van der Waals surface area contributed by atoms with Crippen molar-refractivity contribution >= 4 is 34.1 Å². The zero-order valence-electron chi connectivity index (χ0n) is 14.5. The quantitative estimate of drug-likeness (QED) is 0.691. The third kappa shape index (κ3) is 3.91. The van der Waals surface area contributed by atoms with Gasteiger partial charge in [-0.25, -0.2) is 4.98 Å². The number of nitrogens with zero attached hydrogens (tertiary/aromatic N) is 4. The molecule has 2 heterocycles. The van der Waals surface area contributed by atoms with Gasteiger partial charge in [0, 0.05) is 17.5 Å². The number of anilines is 1. The molecule has 1 aromatic carbocycles. The summed E-state index contributed by atoms with van der Waals surface area (Å²) in [4.78, 5) is 17.9. The van der Waals surface area contributed by atoms with E-state index in [1.807, 2.05) is 62.7 Å². The lowest BCUT2D eigenvalue weighted by molar-refractivity contribution is -0.115. The third-order valence-corrected chi connectivity index (χ3v) is 5.90. The summed E-state index contributed by atoms with van der Waals surface area (Å²) in [5.41, 5.74) is 1.94. The molecule has 6 nitrogen and oxygen atoms in total. The van der Waals surface area contributed by atoms with Crippen molar-refractivity contribution in [2.24, 2.45) is 7.05 Å². The Labute approximate surface area is 154 Å². The van der Waals surface area contributed by atoms with Crippen LogP contribution < -0.4 is 5.32 Å². The van der Waals surface area contributed by atoms with E-state index in [1.54, 1.807) is 0 Å². The van der Waals surface area contributed by atoms with Crippen molar-refractivity contribution in [2.45, 2.75) is 31.2 Å². The van der Waals surface area contributed by atoms with Crippen LogP contribution in [0.5, 0.6) is 0 Å². The number of thiazole rings is 1. The Hall–Kier alpha value is -2.19. The minimum Gasteiger partial charge on any atom is -0.305 e. The minimum atomic E-state index is -0.309. The van der Waals surface area contributed by atoms with Crippen LogP contribution in [0.4, 0.5) is 5.13 Å². The largest absolute Gasteiger partial charge is 0.305 e. The molecule has 3 aromatic rings. The summed E-state index contributed by atoms with van der Waals surface area (Å²) in [5.74, 6) is 0.685.